The maximum Gasteiger partial charge on any atom is 0.344 e. The van der Waals surface area contributed by atoms with Crippen molar-refractivity contribution in [2.45, 2.75) is 13.5 Å². The number of nitrogens with two attached hydrogens (primary N) is 1. The van der Waals surface area contributed by atoms with E-state index in [2.05, 4.69) is 0 Å². The van der Waals surface area contributed by atoms with Gasteiger partial charge in [-0.2, -0.15) is 0 Å². The Morgan fingerprint density at radius 2 is 1.85 bits per heavy atom. The van der Waals surface area contributed by atoms with Crippen molar-refractivity contribution < 1.29 is 24.2 Å². The van der Waals surface area contributed by atoms with Gasteiger partial charge in [0.2, 0.25) is 0 Å². The Labute approximate surface area is 160 Å². The van der Waals surface area contributed by atoms with E-state index in [1.165, 1.54) is 24.3 Å². The van der Waals surface area contributed by atoms with Gasteiger partial charge in [-0.3, -0.25) is 4.79 Å². The predicted molar refractivity (Wildman–Crippen MR) is 98.0 cm³/mol. The Morgan fingerprint density at radius 1 is 1.12 bits per heavy atom. The minimum absolute atomic E-state index is 0.0173. The average molecular weight is 398 g/mol. The molecule has 0 saturated heterocycles. The number of phenolic OH excluding ortho intramolecular Hbond substituents is 1. The van der Waals surface area contributed by atoms with Gasteiger partial charge in [-0.25, -0.2) is 4.79 Å². The zero-order chi connectivity index (χ0) is 19.3. The quantitative estimate of drug-likeness (QED) is 0.548. The first-order chi connectivity index (χ1) is 12.4. The zero-order valence-corrected chi connectivity index (χ0v) is 15.4. The molecule has 0 amide bonds. The summed E-state index contributed by atoms with van der Waals surface area (Å²) in [5.74, 6) is -1.12. The first kappa shape index (κ1) is 20.0. The number of hydrogen-bond acceptors (Lipinski definition) is 6. The van der Waals surface area contributed by atoms with Gasteiger partial charge in [-0.05, 0) is 36.8 Å². The summed E-state index contributed by atoms with van der Waals surface area (Å²) in [7, 11) is 0. The van der Waals surface area contributed by atoms with Crippen molar-refractivity contribution in [1.82, 2.24) is 0 Å². The van der Waals surface area contributed by atoms with Crippen LogP contribution in [-0.4, -0.2) is 30.1 Å². The second-order valence-electron chi connectivity index (χ2n) is 5.22. The van der Waals surface area contributed by atoms with Gasteiger partial charge in [0.05, 0.1) is 17.2 Å². The first-order valence-electron chi connectivity index (χ1n) is 7.72. The fraction of sp³-hybridized carbons (Fsp3) is 0.222. The van der Waals surface area contributed by atoms with Crippen LogP contribution < -0.4 is 10.5 Å². The van der Waals surface area contributed by atoms with Crippen molar-refractivity contribution in [2.24, 2.45) is 5.73 Å². The number of halogens is 2. The number of phenols is 1. The third-order valence-electron chi connectivity index (χ3n) is 3.48. The summed E-state index contributed by atoms with van der Waals surface area (Å²) in [5, 5.41) is 9.90. The van der Waals surface area contributed by atoms with E-state index in [9.17, 15) is 14.7 Å². The van der Waals surface area contributed by atoms with Crippen LogP contribution in [0.3, 0.4) is 0 Å². The van der Waals surface area contributed by atoms with Crippen molar-refractivity contribution in [3.63, 3.8) is 0 Å². The number of rotatable bonds is 7. The van der Waals surface area contributed by atoms with Crippen LogP contribution in [0.5, 0.6) is 11.5 Å². The number of aromatic hydroxyl groups is 1. The van der Waals surface area contributed by atoms with Gasteiger partial charge >= 0.3 is 5.97 Å². The molecule has 0 spiro atoms. The Bertz CT molecular complexity index is 839. The fourth-order valence-corrected chi connectivity index (χ4v) is 2.66. The first-order valence-corrected chi connectivity index (χ1v) is 8.47. The van der Waals surface area contributed by atoms with Crippen LogP contribution in [0.15, 0.2) is 30.3 Å². The summed E-state index contributed by atoms with van der Waals surface area (Å²) in [4.78, 5) is 24.1. The Balaban J connectivity index is 2.30. The highest BCUT2D eigenvalue weighted by Gasteiger charge is 2.21. The van der Waals surface area contributed by atoms with Crippen molar-refractivity contribution in [3.8, 4) is 11.5 Å². The Morgan fingerprint density at radius 3 is 2.50 bits per heavy atom. The molecule has 2 rings (SSSR count). The molecule has 6 nitrogen and oxygen atoms in total. The van der Waals surface area contributed by atoms with Crippen LogP contribution in [0.2, 0.25) is 10.0 Å². The largest absolute Gasteiger partial charge is 0.507 e. The summed E-state index contributed by atoms with van der Waals surface area (Å²) in [6.45, 7) is 1.79. The van der Waals surface area contributed by atoms with E-state index in [4.69, 9.17) is 38.4 Å². The van der Waals surface area contributed by atoms with E-state index < -0.39 is 11.8 Å². The lowest BCUT2D eigenvalue weighted by Crippen LogP contribution is -2.15. The van der Waals surface area contributed by atoms with E-state index in [1.54, 1.807) is 13.0 Å². The lowest BCUT2D eigenvalue weighted by molar-refractivity contribution is -0.145. The minimum Gasteiger partial charge on any atom is -0.507 e. The van der Waals surface area contributed by atoms with E-state index >= 15 is 0 Å². The second-order valence-corrected chi connectivity index (χ2v) is 5.97. The number of ketones is 1. The molecule has 8 heteroatoms. The molecular formula is C18H17Cl2NO5. The molecule has 0 aliphatic heterocycles. The van der Waals surface area contributed by atoms with Gasteiger partial charge in [-0.1, -0.05) is 29.3 Å². The summed E-state index contributed by atoms with van der Waals surface area (Å²) >= 11 is 12.3. The van der Waals surface area contributed by atoms with Crippen molar-refractivity contribution in [2.75, 3.05) is 13.2 Å². The molecule has 0 unspecified atom stereocenters. The number of carbonyl (C=O) groups excluding carboxylic acids is 2. The van der Waals surface area contributed by atoms with Gasteiger partial charge in [0, 0.05) is 12.1 Å². The van der Waals surface area contributed by atoms with E-state index in [0.29, 0.717) is 5.56 Å². The maximum atomic E-state index is 12.7. The maximum absolute atomic E-state index is 12.7. The molecule has 0 aliphatic rings. The highest BCUT2D eigenvalue weighted by atomic mass is 35.5. The van der Waals surface area contributed by atoms with E-state index in [0.717, 1.165) is 0 Å². The molecule has 26 heavy (non-hydrogen) atoms. The normalized spacial score (nSPS) is 10.5. The third-order valence-corrected chi connectivity index (χ3v) is 4.35. The van der Waals surface area contributed by atoms with Crippen LogP contribution in [-0.2, 0) is 16.1 Å². The van der Waals surface area contributed by atoms with Crippen molar-refractivity contribution >= 4 is 35.0 Å². The van der Waals surface area contributed by atoms with Gasteiger partial charge in [0.15, 0.2) is 12.4 Å². The standard InChI is InChI=1S/C18H17Cl2NO5/c1-2-25-15(23)9-26-14-6-4-11(16(19)17(14)20)18(24)12-7-10(8-21)3-5-13(12)22/h3-7,22H,2,8-9,21H2,1H3. The summed E-state index contributed by atoms with van der Waals surface area (Å²) in [6, 6.07) is 7.33. The monoisotopic (exact) mass is 397 g/mol. The predicted octanol–water partition coefficient (Wildman–Crippen LogP) is 3.33. The minimum atomic E-state index is -0.552. The lowest BCUT2D eigenvalue weighted by atomic mass is 10.00. The van der Waals surface area contributed by atoms with Crippen LogP contribution in [0.1, 0.15) is 28.4 Å². The summed E-state index contributed by atoms with van der Waals surface area (Å²) in [6.07, 6.45) is 0. The van der Waals surface area contributed by atoms with Gasteiger partial charge in [-0.15, -0.1) is 0 Å². The van der Waals surface area contributed by atoms with Gasteiger partial charge in [0.1, 0.15) is 16.5 Å². The number of carbonyl (C=O) groups is 2. The highest BCUT2D eigenvalue weighted by Crippen LogP contribution is 2.36. The molecule has 2 aromatic rings. The van der Waals surface area contributed by atoms with Crippen molar-refractivity contribution in [3.05, 3.63) is 57.1 Å². The van der Waals surface area contributed by atoms with E-state index in [1.807, 2.05) is 0 Å². The van der Waals surface area contributed by atoms with Crippen molar-refractivity contribution in [1.29, 1.82) is 0 Å². The van der Waals surface area contributed by atoms with Crippen LogP contribution >= 0.6 is 23.2 Å². The number of esters is 1. The fourth-order valence-electron chi connectivity index (χ4n) is 2.20. The molecule has 2 aromatic carbocycles. The molecule has 0 bridgehead atoms. The van der Waals surface area contributed by atoms with Gasteiger partial charge in [0.25, 0.3) is 0 Å². The molecule has 0 aromatic heterocycles. The number of ether oxygens (including phenoxy) is 2. The second kappa shape index (κ2) is 8.89. The molecule has 0 heterocycles. The molecule has 0 atom stereocenters. The summed E-state index contributed by atoms with van der Waals surface area (Å²) < 4.78 is 10.0. The molecule has 3 N–H and O–H groups in total. The molecular weight excluding hydrogens is 381 g/mol. The Kier molecular flexibility index (Phi) is 6.85. The third kappa shape index (κ3) is 4.46. The number of hydrogen-bond donors (Lipinski definition) is 2. The topological polar surface area (TPSA) is 98.9 Å². The molecule has 138 valence electrons. The molecule has 0 radical (unpaired) electrons. The van der Waals surface area contributed by atoms with Crippen LogP contribution in [0.25, 0.3) is 0 Å². The SMILES string of the molecule is CCOC(=O)COc1ccc(C(=O)c2cc(CN)ccc2O)c(Cl)c1Cl. The average Bonchev–Trinajstić information content (AvgIpc) is 2.63. The summed E-state index contributed by atoms with van der Waals surface area (Å²) in [5.41, 5.74) is 6.40. The smallest absolute Gasteiger partial charge is 0.344 e. The Hall–Kier alpha value is -2.28. The highest BCUT2D eigenvalue weighted by molar-refractivity contribution is 6.45. The molecule has 0 saturated carbocycles. The molecule has 0 aliphatic carbocycles. The van der Waals surface area contributed by atoms with E-state index in [-0.39, 0.29) is 52.4 Å². The lowest BCUT2D eigenvalue weighted by Gasteiger charge is -2.12. The zero-order valence-electron chi connectivity index (χ0n) is 13.9. The molecule has 0 fully saturated rings. The number of benzene rings is 2. The van der Waals surface area contributed by atoms with Gasteiger partial charge < -0.3 is 20.3 Å². The van der Waals surface area contributed by atoms with Crippen LogP contribution in [0.4, 0.5) is 0 Å². The van der Waals surface area contributed by atoms with Crippen LogP contribution in [0, 0.1) is 0 Å².